The van der Waals surface area contributed by atoms with E-state index in [0.29, 0.717) is 5.04 Å². The highest BCUT2D eigenvalue weighted by atomic mass is 28.2. The van der Waals surface area contributed by atoms with Crippen LogP contribution >= 0.6 is 0 Å². The molecule has 0 aromatic carbocycles. The van der Waals surface area contributed by atoms with Crippen LogP contribution in [0.15, 0.2) is 0 Å². The Labute approximate surface area is 142 Å². The van der Waals surface area contributed by atoms with E-state index in [0.717, 1.165) is 19.8 Å². The molecule has 0 radical (unpaired) electrons. The average Bonchev–Trinajstić information content (AvgIpc) is 2.45. The summed E-state index contributed by atoms with van der Waals surface area (Å²) in [6, 6.07) is 0. The summed E-state index contributed by atoms with van der Waals surface area (Å²) < 4.78 is 11.3. The van der Waals surface area contributed by atoms with Gasteiger partial charge in [-0.1, -0.05) is 91.9 Å². The zero-order valence-electron chi connectivity index (χ0n) is 15.9. The molecule has 0 aliphatic heterocycles. The van der Waals surface area contributed by atoms with Crippen molar-refractivity contribution in [3.8, 4) is 0 Å². The fourth-order valence-electron chi connectivity index (χ4n) is 2.47. The zero-order valence-corrected chi connectivity index (χ0v) is 17.3. The molecule has 0 aliphatic rings. The first-order chi connectivity index (χ1) is 10.6. The Balaban J connectivity index is 3.00. The van der Waals surface area contributed by atoms with Gasteiger partial charge in [0.1, 0.15) is 0 Å². The average molecular weight is 331 g/mol. The molecule has 22 heavy (non-hydrogen) atoms. The standard InChI is InChI=1S/C19H42O2Si/c1-5-6-7-8-9-10-11-12-13-14-15-16-20-17-18-21-22-19(2,3)4/h5-18,22H2,1-4H3. The smallest absolute Gasteiger partial charge is 0.166 e. The van der Waals surface area contributed by atoms with Crippen LogP contribution in [0.4, 0.5) is 0 Å². The van der Waals surface area contributed by atoms with E-state index in [-0.39, 0.29) is 0 Å². The molecular formula is C19H42O2Si. The molecule has 0 spiro atoms. The second kappa shape index (κ2) is 16.0. The maximum Gasteiger partial charge on any atom is 0.166 e. The van der Waals surface area contributed by atoms with Gasteiger partial charge < -0.3 is 9.16 Å². The molecule has 0 heterocycles. The second-order valence-electron chi connectivity index (χ2n) is 7.76. The Morgan fingerprint density at radius 1 is 0.636 bits per heavy atom. The molecule has 0 aromatic heterocycles. The molecule has 0 aliphatic carbocycles. The predicted octanol–water partition coefficient (Wildman–Crippen LogP) is 5.63. The molecule has 2 nitrogen and oxygen atoms in total. The van der Waals surface area contributed by atoms with Crippen LogP contribution in [0, 0.1) is 0 Å². The van der Waals surface area contributed by atoms with E-state index in [4.69, 9.17) is 9.16 Å². The molecule has 0 unspecified atom stereocenters. The van der Waals surface area contributed by atoms with Gasteiger partial charge in [0.2, 0.25) is 0 Å². The van der Waals surface area contributed by atoms with Gasteiger partial charge in [0, 0.05) is 6.61 Å². The zero-order chi connectivity index (χ0) is 16.5. The van der Waals surface area contributed by atoms with Gasteiger partial charge in [0.05, 0.1) is 13.2 Å². The summed E-state index contributed by atoms with van der Waals surface area (Å²) in [7, 11) is -0.394. The van der Waals surface area contributed by atoms with E-state index in [1.165, 1.54) is 70.6 Å². The quantitative estimate of drug-likeness (QED) is 0.269. The fourth-order valence-corrected chi connectivity index (χ4v) is 3.34. The minimum absolute atomic E-state index is 0.394. The third kappa shape index (κ3) is 20.1. The molecule has 0 saturated heterocycles. The van der Waals surface area contributed by atoms with E-state index in [1.807, 2.05) is 0 Å². The van der Waals surface area contributed by atoms with Crippen molar-refractivity contribution in [2.24, 2.45) is 0 Å². The molecule has 0 rings (SSSR count). The molecule has 134 valence electrons. The van der Waals surface area contributed by atoms with Crippen LogP contribution in [-0.4, -0.2) is 29.6 Å². The van der Waals surface area contributed by atoms with E-state index in [9.17, 15) is 0 Å². The fraction of sp³-hybridized carbons (Fsp3) is 1.00. The van der Waals surface area contributed by atoms with Crippen molar-refractivity contribution in [1.29, 1.82) is 0 Å². The van der Waals surface area contributed by atoms with Gasteiger partial charge in [-0.2, -0.15) is 0 Å². The summed E-state index contributed by atoms with van der Waals surface area (Å²) in [6.07, 6.45) is 15.3. The summed E-state index contributed by atoms with van der Waals surface area (Å²) in [4.78, 5) is 0. The summed E-state index contributed by atoms with van der Waals surface area (Å²) in [5, 5.41) is 0.399. The first-order valence-corrected chi connectivity index (χ1v) is 11.0. The van der Waals surface area contributed by atoms with Crippen LogP contribution in [0.2, 0.25) is 5.04 Å². The summed E-state index contributed by atoms with van der Waals surface area (Å²) in [5.41, 5.74) is 0. The van der Waals surface area contributed by atoms with Crippen LogP contribution in [0.5, 0.6) is 0 Å². The summed E-state index contributed by atoms with van der Waals surface area (Å²) in [6.45, 7) is 11.5. The van der Waals surface area contributed by atoms with Gasteiger partial charge in [0.25, 0.3) is 0 Å². The van der Waals surface area contributed by atoms with E-state index in [2.05, 4.69) is 27.7 Å². The molecule has 3 heteroatoms. The van der Waals surface area contributed by atoms with Gasteiger partial charge in [-0.05, 0) is 11.5 Å². The van der Waals surface area contributed by atoms with Crippen molar-refractivity contribution in [1.82, 2.24) is 0 Å². The lowest BCUT2D eigenvalue weighted by molar-refractivity contribution is 0.0972. The minimum Gasteiger partial charge on any atom is -0.421 e. The van der Waals surface area contributed by atoms with Gasteiger partial charge >= 0.3 is 0 Å². The molecular weight excluding hydrogens is 288 g/mol. The van der Waals surface area contributed by atoms with Crippen molar-refractivity contribution in [2.45, 2.75) is 103 Å². The highest BCUT2D eigenvalue weighted by Gasteiger charge is 2.10. The SMILES string of the molecule is CCCCCCCCCCCCCOCCO[SiH2]C(C)(C)C. The Bertz CT molecular complexity index is 214. The van der Waals surface area contributed by atoms with Crippen molar-refractivity contribution in [2.75, 3.05) is 19.8 Å². The summed E-state index contributed by atoms with van der Waals surface area (Å²) >= 11 is 0. The summed E-state index contributed by atoms with van der Waals surface area (Å²) in [5.74, 6) is 0. The minimum atomic E-state index is -0.394. The van der Waals surface area contributed by atoms with Crippen LogP contribution in [-0.2, 0) is 9.16 Å². The van der Waals surface area contributed by atoms with Gasteiger partial charge in [-0.25, -0.2) is 0 Å². The van der Waals surface area contributed by atoms with Gasteiger partial charge in [0.15, 0.2) is 9.76 Å². The highest BCUT2D eigenvalue weighted by molar-refractivity contribution is 6.31. The molecule has 0 fully saturated rings. The number of hydrogen-bond acceptors (Lipinski definition) is 2. The van der Waals surface area contributed by atoms with Crippen LogP contribution in [0.1, 0.15) is 98.3 Å². The third-order valence-corrected chi connectivity index (χ3v) is 5.16. The number of unbranched alkanes of at least 4 members (excludes halogenated alkanes) is 10. The third-order valence-electron chi connectivity index (χ3n) is 3.80. The molecule has 0 amide bonds. The largest absolute Gasteiger partial charge is 0.421 e. The Morgan fingerprint density at radius 2 is 1.14 bits per heavy atom. The monoisotopic (exact) mass is 330 g/mol. The highest BCUT2D eigenvalue weighted by Crippen LogP contribution is 2.19. The predicted molar refractivity (Wildman–Crippen MR) is 101 cm³/mol. The molecule has 0 saturated carbocycles. The first kappa shape index (κ1) is 22.1. The van der Waals surface area contributed by atoms with Crippen molar-refractivity contribution in [3.63, 3.8) is 0 Å². The van der Waals surface area contributed by atoms with Crippen LogP contribution in [0.3, 0.4) is 0 Å². The lowest BCUT2D eigenvalue weighted by Crippen LogP contribution is -2.15. The Hall–Kier alpha value is 0.137. The maximum atomic E-state index is 5.72. The van der Waals surface area contributed by atoms with Crippen molar-refractivity contribution < 1.29 is 9.16 Å². The van der Waals surface area contributed by atoms with E-state index >= 15 is 0 Å². The van der Waals surface area contributed by atoms with Crippen molar-refractivity contribution in [3.05, 3.63) is 0 Å². The normalized spacial score (nSPS) is 12.5. The molecule has 0 N–H and O–H groups in total. The Morgan fingerprint density at radius 3 is 1.64 bits per heavy atom. The van der Waals surface area contributed by atoms with Gasteiger partial charge in [-0.15, -0.1) is 0 Å². The van der Waals surface area contributed by atoms with Crippen LogP contribution < -0.4 is 0 Å². The van der Waals surface area contributed by atoms with Crippen molar-refractivity contribution >= 4 is 9.76 Å². The maximum absolute atomic E-state index is 5.72. The van der Waals surface area contributed by atoms with E-state index < -0.39 is 9.76 Å². The number of rotatable bonds is 16. The topological polar surface area (TPSA) is 18.5 Å². The molecule has 0 aromatic rings. The second-order valence-corrected chi connectivity index (χ2v) is 10.6. The number of ether oxygens (including phenoxy) is 1. The number of hydrogen-bond donors (Lipinski definition) is 0. The first-order valence-electron chi connectivity index (χ1n) is 9.72. The van der Waals surface area contributed by atoms with Gasteiger partial charge in [-0.3, -0.25) is 0 Å². The lowest BCUT2D eigenvalue weighted by atomic mass is 10.1. The Kier molecular flexibility index (Phi) is 16.1. The van der Waals surface area contributed by atoms with Crippen LogP contribution in [0.25, 0.3) is 0 Å². The molecule has 0 atom stereocenters. The lowest BCUT2D eigenvalue weighted by Gasteiger charge is -2.16. The molecule has 0 bridgehead atoms. The van der Waals surface area contributed by atoms with E-state index in [1.54, 1.807) is 0 Å².